The van der Waals surface area contributed by atoms with Crippen LogP contribution in [-0.4, -0.2) is 17.1 Å². The van der Waals surface area contributed by atoms with Crippen molar-refractivity contribution in [2.75, 3.05) is 5.32 Å². The smallest absolute Gasteiger partial charge is 0.305 e. The van der Waals surface area contributed by atoms with Crippen molar-refractivity contribution in [2.45, 2.75) is 25.3 Å². The number of rotatable bonds is 2. The van der Waals surface area contributed by atoms with Gasteiger partial charge in [-0.15, -0.1) is 0 Å². The minimum absolute atomic E-state index is 0.0659. The van der Waals surface area contributed by atoms with Gasteiger partial charge in [0.2, 0.25) is 0 Å². The van der Waals surface area contributed by atoms with Gasteiger partial charge in [0.15, 0.2) is 0 Å². The number of hydrogen-bond acceptors (Lipinski definition) is 2. The highest BCUT2D eigenvalue weighted by Crippen LogP contribution is 2.28. The van der Waals surface area contributed by atoms with Crippen LogP contribution >= 0.6 is 15.9 Å². The Balaban J connectivity index is 2.13. The molecule has 0 saturated carbocycles. The Labute approximate surface area is 96.6 Å². The van der Waals surface area contributed by atoms with Crippen LogP contribution in [-0.2, 0) is 11.2 Å². The van der Waals surface area contributed by atoms with E-state index in [1.807, 2.05) is 12.1 Å². The molecule has 0 radical (unpaired) electrons. The van der Waals surface area contributed by atoms with Crippen molar-refractivity contribution in [2.24, 2.45) is 0 Å². The lowest BCUT2D eigenvalue weighted by Crippen LogP contribution is -2.27. The van der Waals surface area contributed by atoms with E-state index in [0.29, 0.717) is 0 Å². The second-order valence-electron chi connectivity index (χ2n) is 3.78. The number of carbonyl (C=O) groups is 1. The molecule has 0 spiro atoms. The molecule has 1 heterocycles. The molecule has 80 valence electrons. The summed E-state index contributed by atoms with van der Waals surface area (Å²) >= 11 is 3.42. The van der Waals surface area contributed by atoms with Crippen LogP contribution in [0.2, 0.25) is 0 Å². The van der Waals surface area contributed by atoms with Crippen LogP contribution in [0.4, 0.5) is 5.69 Å². The van der Waals surface area contributed by atoms with Gasteiger partial charge in [-0.25, -0.2) is 0 Å². The lowest BCUT2D eigenvalue weighted by Gasteiger charge is -2.26. The molecule has 1 aromatic carbocycles. The van der Waals surface area contributed by atoms with Crippen LogP contribution in [0, 0.1) is 0 Å². The van der Waals surface area contributed by atoms with Crippen LogP contribution in [0.15, 0.2) is 22.7 Å². The molecule has 0 amide bonds. The van der Waals surface area contributed by atoms with Crippen molar-refractivity contribution < 1.29 is 9.90 Å². The average Bonchev–Trinajstić information content (AvgIpc) is 2.17. The fourth-order valence-electron chi connectivity index (χ4n) is 1.90. The topological polar surface area (TPSA) is 49.3 Å². The van der Waals surface area contributed by atoms with Gasteiger partial charge in [0.25, 0.3) is 0 Å². The predicted molar refractivity (Wildman–Crippen MR) is 62.1 cm³/mol. The van der Waals surface area contributed by atoms with E-state index in [1.165, 1.54) is 5.56 Å². The number of fused-ring (bicyclic) bond motifs is 1. The lowest BCUT2D eigenvalue weighted by atomic mass is 9.96. The van der Waals surface area contributed by atoms with Crippen LogP contribution in [0.25, 0.3) is 0 Å². The molecule has 0 saturated heterocycles. The van der Waals surface area contributed by atoms with Crippen molar-refractivity contribution in [3.05, 3.63) is 28.2 Å². The Morgan fingerprint density at radius 1 is 1.60 bits per heavy atom. The molecule has 1 atom stereocenters. The summed E-state index contributed by atoms with van der Waals surface area (Å²) in [6.45, 7) is 0. The number of aryl methyl sites for hydroxylation is 1. The normalized spacial score (nSPS) is 19.1. The SMILES string of the molecule is O=C(O)CC1CCc2cc(Br)ccc2N1. The molecule has 0 bridgehead atoms. The average molecular weight is 270 g/mol. The molecule has 2 N–H and O–H groups in total. The zero-order valence-corrected chi connectivity index (χ0v) is 9.75. The monoisotopic (exact) mass is 269 g/mol. The van der Waals surface area contributed by atoms with Gasteiger partial charge in [-0.3, -0.25) is 4.79 Å². The van der Waals surface area contributed by atoms with Gasteiger partial charge in [0.1, 0.15) is 0 Å². The summed E-state index contributed by atoms with van der Waals surface area (Å²) < 4.78 is 1.07. The van der Waals surface area contributed by atoms with Crippen molar-refractivity contribution in [1.82, 2.24) is 0 Å². The minimum Gasteiger partial charge on any atom is -0.481 e. The maximum absolute atomic E-state index is 10.6. The Bertz CT molecular complexity index is 392. The van der Waals surface area contributed by atoms with E-state index >= 15 is 0 Å². The molecule has 1 aliphatic rings. The van der Waals surface area contributed by atoms with Crippen molar-refractivity contribution >= 4 is 27.6 Å². The molecule has 0 fully saturated rings. The van der Waals surface area contributed by atoms with E-state index in [9.17, 15) is 4.79 Å². The molecule has 3 nitrogen and oxygen atoms in total. The first-order chi connectivity index (χ1) is 7.15. The maximum Gasteiger partial charge on any atom is 0.305 e. The summed E-state index contributed by atoms with van der Waals surface area (Å²) in [5.74, 6) is -0.743. The fraction of sp³-hybridized carbons (Fsp3) is 0.364. The molecule has 15 heavy (non-hydrogen) atoms. The number of nitrogens with one attached hydrogen (secondary N) is 1. The van der Waals surface area contributed by atoms with E-state index < -0.39 is 5.97 Å². The number of benzene rings is 1. The summed E-state index contributed by atoms with van der Waals surface area (Å²) in [6.07, 6.45) is 2.02. The van der Waals surface area contributed by atoms with E-state index in [0.717, 1.165) is 23.0 Å². The summed E-state index contributed by atoms with van der Waals surface area (Å²) in [6, 6.07) is 6.11. The van der Waals surface area contributed by atoms with Gasteiger partial charge in [-0.05, 0) is 36.6 Å². The highest BCUT2D eigenvalue weighted by atomic mass is 79.9. The largest absolute Gasteiger partial charge is 0.481 e. The maximum atomic E-state index is 10.6. The fourth-order valence-corrected chi connectivity index (χ4v) is 2.30. The molecular weight excluding hydrogens is 258 g/mol. The van der Waals surface area contributed by atoms with E-state index in [1.54, 1.807) is 0 Å². The van der Waals surface area contributed by atoms with E-state index in [-0.39, 0.29) is 12.5 Å². The number of carboxylic acids is 1. The van der Waals surface area contributed by atoms with Crippen LogP contribution < -0.4 is 5.32 Å². The summed E-state index contributed by atoms with van der Waals surface area (Å²) in [5.41, 5.74) is 2.32. The Kier molecular flexibility index (Phi) is 2.95. The van der Waals surface area contributed by atoms with Gasteiger partial charge in [-0.2, -0.15) is 0 Å². The lowest BCUT2D eigenvalue weighted by molar-refractivity contribution is -0.137. The quantitative estimate of drug-likeness (QED) is 0.868. The standard InChI is InChI=1S/C11H12BrNO2/c12-8-2-4-10-7(5-8)1-3-9(13-10)6-11(14)15/h2,4-5,9,13H,1,3,6H2,(H,14,15). The molecule has 0 aromatic heterocycles. The first kappa shape index (κ1) is 10.5. The number of halogens is 1. The van der Waals surface area contributed by atoms with Crippen LogP contribution in [0.1, 0.15) is 18.4 Å². The van der Waals surface area contributed by atoms with Crippen molar-refractivity contribution in [3.63, 3.8) is 0 Å². The van der Waals surface area contributed by atoms with Gasteiger partial charge in [0.05, 0.1) is 6.42 Å². The van der Waals surface area contributed by atoms with Crippen LogP contribution in [0.3, 0.4) is 0 Å². The third-order valence-corrected chi connectivity index (χ3v) is 3.10. The molecule has 2 rings (SSSR count). The Morgan fingerprint density at radius 3 is 3.13 bits per heavy atom. The first-order valence-corrected chi connectivity index (χ1v) is 5.71. The predicted octanol–water partition coefficient (Wildman–Crippen LogP) is 2.65. The van der Waals surface area contributed by atoms with Gasteiger partial charge < -0.3 is 10.4 Å². The first-order valence-electron chi connectivity index (χ1n) is 4.92. The zero-order chi connectivity index (χ0) is 10.8. The second-order valence-corrected chi connectivity index (χ2v) is 4.69. The minimum atomic E-state index is -0.743. The molecule has 1 aromatic rings. The molecule has 4 heteroatoms. The number of hydrogen-bond donors (Lipinski definition) is 2. The second kappa shape index (κ2) is 4.23. The molecular formula is C11H12BrNO2. The Morgan fingerprint density at radius 2 is 2.40 bits per heavy atom. The third-order valence-electron chi connectivity index (χ3n) is 2.61. The van der Waals surface area contributed by atoms with Gasteiger partial charge >= 0.3 is 5.97 Å². The molecule has 1 unspecified atom stereocenters. The zero-order valence-electron chi connectivity index (χ0n) is 8.16. The summed E-state index contributed by atoms with van der Waals surface area (Å²) in [5, 5.41) is 12.0. The number of carboxylic acid groups (broad SMARTS) is 1. The van der Waals surface area contributed by atoms with Gasteiger partial charge in [-0.1, -0.05) is 15.9 Å². The highest BCUT2D eigenvalue weighted by molar-refractivity contribution is 9.10. The van der Waals surface area contributed by atoms with Gasteiger partial charge in [0, 0.05) is 16.2 Å². The van der Waals surface area contributed by atoms with Crippen LogP contribution in [0.5, 0.6) is 0 Å². The highest BCUT2D eigenvalue weighted by Gasteiger charge is 2.19. The summed E-state index contributed by atoms with van der Waals surface area (Å²) in [4.78, 5) is 10.6. The molecule has 1 aliphatic heterocycles. The van der Waals surface area contributed by atoms with Crippen molar-refractivity contribution in [3.8, 4) is 0 Å². The number of aliphatic carboxylic acids is 1. The number of anilines is 1. The third kappa shape index (κ3) is 2.50. The van der Waals surface area contributed by atoms with E-state index in [2.05, 4.69) is 27.3 Å². The van der Waals surface area contributed by atoms with E-state index in [4.69, 9.17) is 5.11 Å². The van der Waals surface area contributed by atoms with Crippen molar-refractivity contribution in [1.29, 1.82) is 0 Å². The Hall–Kier alpha value is -1.03. The molecule has 0 aliphatic carbocycles. The summed E-state index contributed by atoms with van der Waals surface area (Å²) in [7, 11) is 0.